The van der Waals surface area contributed by atoms with E-state index in [0.29, 0.717) is 33.4 Å². The van der Waals surface area contributed by atoms with Crippen molar-refractivity contribution in [2.75, 3.05) is 0 Å². The standard InChI is InChI=1S/C14H14Cl2N6/c1-14(2,3)13-18-6-9-12(19-13)22(21-20-9)7-10-11(16)8(15)4-5-17-10/h4-6H,7H2,1-3H3. The normalized spacial score (nSPS) is 12.0. The molecule has 8 heteroatoms. The van der Waals surface area contributed by atoms with E-state index in [9.17, 15) is 0 Å². The monoisotopic (exact) mass is 336 g/mol. The molecule has 0 radical (unpaired) electrons. The number of rotatable bonds is 2. The SMILES string of the molecule is CC(C)(C)c1ncc2nnn(Cc3nccc(Cl)c3Cl)c2n1. The Morgan fingerprint density at radius 2 is 1.95 bits per heavy atom. The van der Waals surface area contributed by atoms with Gasteiger partial charge in [-0.05, 0) is 6.07 Å². The molecule has 0 N–H and O–H groups in total. The predicted molar refractivity (Wildman–Crippen MR) is 85.2 cm³/mol. The van der Waals surface area contributed by atoms with E-state index >= 15 is 0 Å². The van der Waals surface area contributed by atoms with Crippen LogP contribution in [-0.2, 0) is 12.0 Å². The summed E-state index contributed by atoms with van der Waals surface area (Å²) in [4.78, 5) is 13.2. The topological polar surface area (TPSA) is 69.4 Å². The maximum Gasteiger partial charge on any atom is 0.182 e. The summed E-state index contributed by atoms with van der Waals surface area (Å²) >= 11 is 12.2. The molecule has 0 spiro atoms. The van der Waals surface area contributed by atoms with Crippen LogP contribution in [0.5, 0.6) is 0 Å². The van der Waals surface area contributed by atoms with Gasteiger partial charge in [0.2, 0.25) is 0 Å². The van der Waals surface area contributed by atoms with Crippen LogP contribution < -0.4 is 0 Å². The molecule has 0 fully saturated rings. The molecular weight excluding hydrogens is 323 g/mol. The first-order valence-corrected chi connectivity index (χ1v) is 7.47. The van der Waals surface area contributed by atoms with Gasteiger partial charge < -0.3 is 0 Å². The molecule has 114 valence electrons. The fourth-order valence-corrected chi connectivity index (χ4v) is 2.29. The fraction of sp³-hybridized carbons (Fsp3) is 0.357. The molecule has 0 aliphatic heterocycles. The van der Waals surface area contributed by atoms with Gasteiger partial charge in [-0.3, -0.25) is 4.98 Å². The third kappa shape index (κ3) is 2.76. The highest BCUT2D eigenvalue weighted by Gasteiger charge is 2.20. The van der Waals surface area contributed by atoms with Crippen LogP contribution in [0.3, 0.4) is 0 Å². The maximum absolute atomic E-state index is 6.18. The molecule has 0 aliphatic carbocycles. The van der Waals surface area contributed by atoms with Crippen molar-refractivity contribution in [1.29, 1.82) is 0 Å². The number of fused-ring (bicyclic) bond motifs is 1. The summed E-state index contributed by atoms with van der Waals surface area (Å²) in [6, 6.07) is 1.65. The molecule has 3 heterocycles. The van der Waals surface area contributed by atoms with Gasteiger partial charge in [0.25, 0.3) is 0 Å². The van der Waals surface area contributed by atoms with Gasteiger partial charge in [-0.2, -0.15) is 0 Å². The van der Waals surface area contributed by atoms with Gasteiger partial charge in [-0.1, -0.05) is 49.2 Å². The smallest absolute Gasteiger partial charge is 0.182 e. The maximum atomic E-state index is 6.18. The Bertz CT molecular complexity index is 837. The molecule has 0 saturated heterocycles. The highest BCUT2D eigenvalue weighted by molar-refractivity contribution is 6.42. The summed E-state index contributed by atoms with van der Waals surface area (Å²) in [5.74, 6) is 0.730. The number of halogens is 2. The molecule has 0 unspecified atom stereocenters. The van der Waals surface area contributed by atoms with Crippen molar-refractivity contribution < 1.29 is 0 Å². The average Bonchev–Trinajstić information content (AvgIpc) is 2.85. The third-order valence-electron chi connectivity index (χ3n) is 3.14. The Morgan fingerprint density at radius 1 is 1.18 bits per heavy atom. The molecule has 0 aromatic carbocycles. The number of hydrogen-bond donors (Lipinski definition) is 0. The van der Waals surface area contributed by atoms with Gasteiger partial charge in [0.15, 0.2) is 11.2 Å². The second kappa shape index (κ2) is 5.44. The van der Waals surface area contributed by atoms with Crippen LogP contribution in [0.25, 0.3) is 11.2 Å². The summed E-state index contributed by atoms with van der Waals surface area (Å²) in [7, 11) is 0. The molecule has 3 aromatic heterocycles. The first-order chi connectivity index (χ1) is 10.4. The Morgan fingerprint density at radius 3 is 2.68 bits per heavy atom. The van der Waals surface area contributed by atoms with Gasteiger partial charge in [0, 0.05) is 11.6 Å². The molecule has 22 heavy (non-hydrogen) atoms. The minimum Gasteiger partial charge on any atom is -0.258 e. The second-order valence-corrected chi connectivity index (χ2v) is 6.74. The van der Waals surface area contributed by atoms with Crippen LogP contribution >= 0.6 is 23.2 Å². The number of pyridine rings is 1. The van der Waals surface area contributed by atoms with Crippen LogP contribution in [0.15, 0.2) is 18.5 Å². The summed E-state index contributed by atoms with van der Waals surface area (Å²) < 4.78 is 1.65. The van der Waals surface area contributed by atoms with Crippen molar-refractivity contribution in [3.63, 3.8) is 0 Å². The van der Waals surface area contributed by atoms with Crippen LogP contribution in [0, 0.1) is 0 Å². The minimum absolute atomic E-state index is 0.157. The Balaban J connectivity index is 2.06. The van der Waals surface area contributed by atoms with Crippen LogP contribution in [0.1, 0.15) is 32.3 Å². The van der Waals surface area contributed by atoms with Crippen molar-refractivity contribution >= 4 is 34.4 Å². The lowest BCUT2D eigenvalue weighted by molar-refractivity contribution is 0.545. The van der Waals surface area contributed by atoms with E-state index < -0.39 is 0 Å². The quantitative estimate of drug-likeness (QED) is 0.718. The first kappa shape index (κ1) is 15.1. The van der Waals surface area contributed by atoms with E-state index in [1.165, 1.54) is 0 Å². The van der Waals surface area contributed by atoms with E-state index in [0.717, 1.165) is 5.82 Å². The molecule has 3 aromatic rings. The van der Waals surface area contributed by atoms with E-state index in [1.807, 2.05) is 0 Å². The van der Waals surface area contributed by atoms with Gasteiger partial charge in [-0.25, -0.2) is 14.6 Å². The molecule has 6 nitrogen and oxygen atoms in total. The number of aromatic nitrogens is 6. The third-order valence-corrected chi connectivity index (χ3v) is 3.97. The zero-order chi connectivity index (χ0) is 15.9. The lowest BCUT2D eigenvalue weighted by atomic mass is 9.96. The summed E-state index contributed by atoms with van der Waals surface area (Å²) in [5.41, 5.74) is 1.75. The Kier molecular flexibility index (Phi) is 3.74. The lowest BCUT2D eigenvalue weighted by Crippen LogP contribution is -2.16. The summed E-state index contributed by atoms with van der Waals surface area (Å²) in [5, 5.41) is 9.06. The zero-order valence-electron chi connectivity index (χ0n) is 12.4. The van der Waals surface area contributed by atoms with Crippen molar-refractivity contribution in [2.45, 2.75) is 32.7 Å². The van der Waals surface area contributed by atoms with Crippen molar-refractivity contribution in [3.8, 4) is 0 Å². The Labute approximate surface area is 137 Å². The predicted octanol–water partition coefficient (Wildman–Crippen LogP) is 3.27. The second-order valence-electron chi connectivity index (χ2n) is 5.95. The summed E-state index contributed by atoms with van der Waals surface area (Å²) in [6.07, 6.45) is 3.29. The van der Waals surface area contributed by atoms with E-state index in [1.54, 1.807) is 23.1 Å². The molecule has 0 bridgehead atoms. The molecule has 3 rings (SSSR count). The first-order valence-electron chi connectivity index (χ1n) is 6.72. The molecule has 0 atom stereocenters. The van der Waals surface area contributed by atoms with Crippen molar-refractivity contribution in [3.05, 3.63) is 40.0 Å². The van der Waals surface area contributed by atoms with Crippen molar-refractivity contribution in [2.24, 2.45) is 0 Å². The minimum atomic E-state index is -0.157. The van der Waals surface area contributed by atoms with Crippen LogP contribution in [0.2, 0.25) is 10.0 Å². The highest BCUT2D eigenvalue weighted by atomic mass is 35.5. The summed E-state index contributed by atoms with van der Waals surface area (Å²) in [6.45, 7) is 6.50. The van der Waals surface area contributed by atoms with E-state index in [2.05, 4.69) is 46.0 Å². The molecular formula is C14H14Cl2N6. The Hall–Kier alpha value is -1.79. The van der Waals surface area contributed by atoms with Gasteiger partial charge in [0.05, 0.1) is 28.5 Å². The fourth-order valence-electron chi connectivity index (χ4n) is 1.95. The van der Waals surface area contributed by atoms with Gasteiger partial charge >= 0.3 is 0 Å². The average molecular weight is 337 g/mol. The van der Waals surface area contributed by atoms with Crippen molar-refractivity contribution in [1.82, 2.24) is 29.9 Å². The largest absolute Gasteiger partial charge is 0.258 e. The molecule has 0 aliphatic rings. The molecule has 0 saturated carbocycles. The lowest BCUT2D eigenvalue weighted by Gasteiger charge is -2.15. The number of nitrogens with zero attached hydrogens (tertiary/aromatic N) is 6. The van der Waals surface area contributed by atoms with Gasteiger partial charge in [0.1, 0.15) is 5.82 Å². The van der Waals surface area contributed by atoms with E-state index in [-0.39, 0.29) is 5.41 Å². The molecule has 0 amide bonds. The zero-order valence-corrected chi connectivity index (χ0v) is 13.9. The van der Waals surface area contributed by atoms with Gasteiger partial charge in [-0.15, -0.1) is 5.10 Å². The highest BCUT2D eigenvalue weighted by Crippen LogP contribution is 2.25. The van der Waals surface area contributed by atoms with Crippen LogP contribution in [-0.4, -0.2) is 29.9 Å². The number of hydrogen-bond acceptors (Lipinski definition) is 5. The van der Waals surface area contributed by atoms with Crippen LogP contribution in [0.4, 0.5) is 0 Å². The van der Waals surface area contributed by atoms with E-state index in [4.69, 9.17) is 23.2 Å².